The minimum Gasteiger partial charge on any atom is -0.391 e. The van der Waals surface area contributed by atoms with Crippen molar-refractivity contribution >= 4 is 11.5 Å². The number of oxime groups is 1. The Labute approximate surface area is 173 Å². The first-order chi connectivity index (χ1) is 13.8. The number of hydrogen-bond acceptors (Lipinski definition) is 4. The third kappa shape index (κ3) is 2.94. The maximum absolute atomic E-state index is 15.0. The number of Topliss-reactive ketones (excluding diaryl/α,β-unsaturated/α-hetero) is 1. The molecule has 8 atom stereocenters. The van der Waals surface area contributed by atoms with Crippen LogP contribution in [0.5, 0.6) is 0 Å². The Kier molecular flexibility index (Phi) is 4.69. The van der Waals surface area contributed by atoms with Crippen LogP contribution < -0.4 is 5.32 Å². The number of nitrogens with zero attached hydrogens (tertiary/aromatic N) is 1. The van der Waals surface area contributed by atoms with E-state index in [0.717, 1.165) is 58.0 Å². The molecule has 0 bridgehead atoms. The van der Waals surface area contributed by atoms with E-state index in [1.807, 2.05) is 6.92 Å². The van der Waals surface area contributed by atoms with E-state index in [0.29, 0.717) is 11.8 Å². The van der Waals surface area contributed by atoms with Crippen molar-refractivity contribution in [2.24, 2.45) is 39.7 Å². The van der Waals surface area contributed by atoms with Gasteiger partial charge in [-0.1, -0.05) is 31.2 Å². The van der Waals surface area contributed by atoms with Gasteiger partial charge in [0.1, 0.15) is 18.1 Å². The number of nitrogens with one attached hydrogen (secondary N) is 1. The Morgan fingerprint density at radius 2 is 2.03 bits per heavy atom. The van der Waals surface area contributed by atoms with Crippen molar-refractivity contribution in [3.05, 3.63) is 12.2 Å². The molecule has 29 heavy (non-hydrogen) atoms. The molecule has 4 aliphatic carbocycles. The summed E-state index contributed by atoms with van der Waals surface area (Å²) in [5.41, 5.74) is 2.10. The molecule has 0 amide bonds. The van der Waals surface area contributed by atoms with Gasteiger partial charge in [-0.2, -0.15) is 0 Å². The summed E-state index contributed by atoms with van der Waals surface area (Å²) in [7, 11) is 0. The maximum Gasteiger partial charge on any atom is 0.142 e. The highest BCUT2D eigenvalue weighted by Gasteiger charge is 2.63. The Morgan fingerprint density at radius 1 is 1.21 bits per heavy atom. The summed E-state index contributed by atoms with van der Waals surface area (Å²) in [6.45, 7) is 10.8. The monoisotopic (exact) mass is 402 g/mol. The predicted molar refractivity (Wildman–Crippen MR) is 111 cm³/mol. The van der Waals surface area contributed by atoms with Crippen LogP contribution in [0.2, 0.25) is 0 Å². The zero-order valence-corrected chi connectivity index (χ0v) is 17.9. The van der Waals surface area contributed by atoms with Crippen LogP contribution in [-0.4, -0.2) is 36.9 Å². The molecule has 1 heterocycles. The van der Waals surface area contributed by atoms with Crippen LogP contribution in [0.25, 0.3) is 0 Å². The molecule has 0 spiro atoms. The summed E-state index contributed by atoms with van der Waals surface area (Å²) < 4.78 is 15.0. The fourth-order valence-corrected chi connectivity index (χ4v) is 7.79. The smallest absolute Gasteiger partial charge is 0.142 e. The molecule has 5 aliphatic rings. The molecule has 1 N–H and O–H groups in total. The lowest BCUT2D eigenvalue weighted by Crippen LogP contribution is -2.55. The average Bonchev–Trinajstić information content (AvgIpc) is 3.27. The minimum absolute atomic E-state index is 0.114. The Balaban J connectivity index is 1.37. The number of fused-ring (bicyclic) bond motifs is 5. The number of hydrogen-bond donors (Lipinski definition) is 1. The van der Waals surface area contributed by atoms with Crippen LogP contribution in [0.3, 0.4) is 0 Å². The van der Waals surface area contributed by atoms with Crippen LogP contribution in [0.15, 0.2) is 17.3 Å². The van der Waals surface area contributed by atoms with Gasteiger partial charge in [0.25, 0.3) is 0 Å². The summed E-state index contributed by atoms with van der Waals surface area (Å²) in [4.78, 5) is 18.4. The summed E-state index contributed by atoms with van der Waals surface area (Å²) in [5, 5.41) is 7.86. The lowest BCUT2D eigenvalue weighted by atomic mass is 9.44. The highest BCUT2D eigenvalue weighted by Crippen LogP contribution is 2.66. The van der Waals surface area contributed by atoms with Crippen molar-refractivity contribution in [1.82, 2.24) is 5.32 Å². The van der Waals surface area contributed by atoms with Gasteiger partial charge < -0.3 is 10.2 Å². The molecule has 0 radical (unpaired) electrons. The minimum atomic E-state index is -0.970. The lowest BCUT2D eigenvalue weighted by Gasteiger charge is -2.60. The van der Waals surface area contributed by atoms with Gasteiger partial charge in [0.05, 0.1) is 5.71 Å². The van der Waals surface area contributed by atoms with Crippen LogP contribution >= 0.6 is 0 Å². The third-order valence-electron chi connectivity index (χ3n) is 9.47. The van der Waals surface area contributed by atoms with Crippen molar-refractivity contribution in [2.75, 3.05) is 13.1 Å². The molecule has 5 fully saturated rings. The molecule has 4 saturated carbocycles. The lowest BCUT2D eigenvalue weighted by molar-refractivity contribution is -0.135. The molecular formula is C24H35FN2O2. The van der Waals surface area contributed by atoms with E-state index in [2.05, 4.69) is 24.0 Å². The summed E-state index contributed by atoms with van der Waals surface area (Å²) >= 11 is 0. The van der Waals surface area contributed by atoms with E-state index in [1.165, 1.54) is 11.3 Å². The van der Waals surface area contributed by atoms with Gasteiger partial charge in [-0.3, -0.25) is 4.79 Å². The van der Waals surface area contributed by atoms with Crippen LogP contribution in [0.1, 0.15) is 65.2 Å². The van der Waals surface area contributed by atoms with E-state index < -0.39 is 11.6 Å². The van der Waals surface area contributed by atoms with Crippen molar-refractivity contribution in [3.63, 3.8) is 0 Å². The van der Waals surface area contributed by atoms with Gasteiger partial charge in [-0.05, 0) is 68.2 Å². The van der Waals surface area contributed by atoms with Crippen LogP contribution in [0, 0.1) is 34.5 Å². The number of ketones is 1. The fraction of sp³-hybridized carbons (Fsp3) is 0.833. The summed E-state index contributed by atoms with van der Waals surface area (Å²) in [5.74, 6) is 1.20. The molecule has 160 valence electrons. The molecule has 4 nitrogen and oxygen atoms in total. The Hall–Kier alpha value is -1.23. The second-order valence-corrected chi connectivity index (χ2v) is 10.9. The van der Waals surface area contributed by atoms with Crippen molar-refractivity contribution in [2.45, 2.75) is 77.5 Å². The summed E-state index contributed by atoms with van der Waals surface area (Å²) in [6.07, 6.45) is 6.12. The van der Waals surface area contributed by atoms with E-state index >= 15 is 4.39 Å². The quantitative estimate of drug-likeness (QED) is 0.548. The number of alkyl halides is 1. The number of carbonyl (C=O) groups is 1. The topological polar surface area (TPSA) is 50.7 Å². The molecular weight excluding hydrogens is 367 g/mol. The van der Waals surface area contributed by atoms with Crippen molar-refractivity contribution < 1.29 is 14.0 Å². The highest BCUT2D eigenvalue weighted by atomic mass is 19.1. The van der Waals surface area contributed by atoms with Crippen molar-refractivity contribution in [1.29, 1.82) is 0 Å². The van der Waals surface area contributed by atoms with E-state index in [1.54, 1.807) is 0 Å². The van der Waals surface area contributed by atoms with Crippen molar-refractivity contribution in [3.8, 4) is 0 Å². The van der Waals surface area contributed by atoms with Gasteiger partial charge in [0.15, 0.2) is 0 Å². The Morgan fingerprint density at radius 3 is 2.79 bits per heavy atom. The fourth-order valence-electron chi connectivity index (χ4n) is 7.79. The molecule has 0 aromatic heterocycles. The molecule has 1 aliphatic heterocycles. The predicted octanol–water partition coefficient (Wildman–Crippen LogP) is 4.45. The molecule has 5 heteroatoms. The second kappa shape index (κ2) is 6.90. The normalized spacial score (nSPS) is 50.9. The van der Waals surface area contributed by atoms with Gasteiger partial charge in [0.2, 0.25) is 0 Å². The largest absolute Gasteiger partial charge is 0.391 e. The second-order valence-electron chi connectivity index (χ2n) is 10.9. The van der Waals surface area contributed by atoms with E-state index in [4.69, 9.17) is 4.84 Å². The first-order valence-electron chi connectivity index (χ1n) is 11.6. The van der Waals surface area contributed by atoms with Gasteiger partial charge in [-0.25, -0.2) is 4.39 Å². The molecule has 0 aromatic rings. The average molecular weight is 403 g/mol. The molecule has 5 unspecified atom stereocenters. The van der Waals surface area contributed by atoms with E-state index in [-0.39, 0.29) is 35.6 Å². The number of allylic oxidation sites excluding steroid dienone is 1. The number of carbonyl (C=O) groups excluding carboxylic acids is 1. The highest BCUT2D eigenvalue weighted by molar-refractivity contribution is 5.88. The van der Waals surface area contributed by atoms with Gasteiger partial charge >= 0.3 is 0 Å². The molecule has 5 rings (SSSR count). The zero-order valence-electron chi connectivity index (χ0n) is 17.9. The van der Waals surface area contributed by atoms with Crippen LogP contribution in [-0.2, 0) is 9.63 Å². The molecule has 0 aromatic carbocycles. The zero-order chi connectivity index (χ0) is 20.4. The molecule has 1 saturated heterocycles. The van der Waals surface area contributed by atoms with E-state index in [9.17, 15) is 4.79 Å². The van der Waals surface area contributed by atoms with Gasteiger partial charge in [0, 0.05) is 30.7 Å². The van der Waals surface area contributed by atoms with Gasteiger partial charge in [-0.15, -0.1) is 0 Å². The summed E-state index contributed by atoms with van der Waals surface area (Å²) in [6, 6.07) is 0. The first-order valence-corrected chi connectivity index (χ1v) is 11.6. The number of halogens is 1. The third-order valence-corrected chi connectivity index (χ3v) is 9.47. The Bertz CT molecular complexity index is 745. The SMILES string of the molecule is C=C1CC2C3C(F)CC(=O)[C@@]3(C)CCC2[C@@]2(C)CCC(=NOC3CCNC3)C[C@H]12. The van der Waals surface area contributed by atoms with Crippen LogP contribution in [0.4, 0.5) is 4.39 Å². The number of rotatable bonds is 2. The maximum atomic E-state index is 15.0. The standard InChI is InChI=1S/C24H35FN2O2/c1-14-10-17-18(5-8-24(3)21(28)12-20(25)22(17)24)23(2)7-4-15(11-19(14)23)27-29-16-6-9-26-13-16/h16-20,22,26H,1,4-13H2,2-3H3/t16?,17?,18?,19-,20?,22?,23-,24-/m1/s1. The first kappa shape index (κ1) is 19.7.